The predicted octanol–water partition coefficient (Wildman–Crippen LogP) is 12.5. The smallest absolute Gasteiger partial charge is 0.463 e. The number of allylic oxidation sites excluding steroid dienone is 10. The number of nitrogens with one attached hydrogen (secondary N) is 1. The van der Waals surface area contributed by atoms with Crippen molar-refractivity contribution in [2.45, 2.75) is 193 Å². The molecule has 0 heterocycles. The molecule has 3 N–H and O–H groups in total. The zero-order valence-corrected chi connectivity index (χ0v) is 36.5. The highest BCUT2D eigenvalue weighted by molar-refractivity contribution is 7.47. The topological polar surface area (TPSA) is 131 Å². The number of rotatable bonds is 41. The lowest BCUT2D eigenvalue weighted by Crippen LogP contribution is -2.27. The molecule has 0 aliphatic heterocycles. The van der Waals surface area contributed by atoms with Gasteiger partial charge >= 0.3 is 13.8 Å². The SMILES string of the molecule is CCCCC/C=C\C/C=C\C/C=C\C/C=C\CCCCCCCCCC(=O)NCCOP(=O)(O)OCC(O)COC(=O)CCCCCCC/C=C\CCCCC. The maximum atomic E-state index is 12.1. The minimum atomic E-state index is -4.42. The lowest BCUT2D eigenvalue weighted by Gasteiger charge is -2.15. The van der Waals surface area contributed by atoms with Crippen LogP contribution in [0, 0.1) is 0 Å². The van der Waals surface area contributed by atoms with E-state index >= 15 is 0 Å². The molecule has 0 rings (SSSR count). The van der Waals surface area contributed by atoms with Gasteiger partial charge in [0.1, 0.15) is 12.7 Å². The molecule has 0 aliphatic carbocycles. The van der Waals surface area contributed by atoms with E-state index in [1.165, 1.54) is 77.0 Å². The fourth-order valence-corrected chi connectivity index (χ4v) is 6.53. The van der Waals surface area contributed by atoms with Gasteiger partial charge in [0.2, 0.25) is 5.91 Å². The molecule has 0 fully saturated rings. The highest BCUT2D eigenvalue weighted by atomic mass is 31.2. The third-order valence-corrected chi connectivity index (χ3v) is 10.2. The summed E-state index contributed by atoms with van der Waals surface area (Å²) in [6.45, 7) is 3.47. The van der Waals surface area contributed by atoms with Crippen LogP contribution in [0.2, 0.25) is 0 Å². The van der Waals surface area contributed by atoms with Crippen LogP contribution in [0.5, 0.6) is 0 Å². The molecule has 2 atom stereocenters. The van der Waals surface area contributed by atoms with Gasteiger partial charge in [0, 0.05) is 19.4 Å². The Kier molecular flexibility index (Phi) is 40.6. The van der Waals surface area contributed by atoms with Crippen LogP contribution in [0.15, 0.2) is 60.8 Å². The molecule has 10 heteroatoms. The fraction of sp³-hybridized carbons (Fsp3) is 0.739. The van der Waals surface area contributed by atoms with Crippen LogP contribution in [0.1, 0.15) is 187 Å². The van der Waals surface area contributed by atoms with Crippen LogP contribution in [0.4, 0.5) is 0 Å². The summed E-state index contributed by atoms with van der Waals surface area (Å²) >= 11 is 0. The molecule has 2 unspecified atom stereocenters. The van der Waals surface area contributed by atoms with Gasteiger partial charge in [-0.05, 0) is 83.5 Å². The van der Waals surface area contributed by atoms with Gasteiger partial charge in [0.05, 0.1) is 13.2 Å². The molecule has 324 valence electrons. The van der Waals surface area contributed by atoms with Crippen molar-refractivity contribution in [2.75, 3.05) is 26.4 Å². The number of hydrogen-bond acceptors (Lipinski definition) is 7. The Morgan fingerprint density at radius 3 is 1.46 bits per heavy atom. The van der Waals surface area contributed by atoms with Crippen molar-refractivity contribution in [3.63, 3.8) is 0 Å². The number of amides is 1. The van der Waals surface area contributed by atoms with E-state index in [0.717, 1.165) is 83.5 Å². The largest absolute Gasteiger partial charge is 0.472 e. The average molecular weight is 808 g/mol. The number of phosphoric acid groups is 1. The van der Waals surface area contributed by atoms with E-state index in [2.05, 4.69) is 79.9 Å². The second-order valence-electron chi connectivity index (χ2n) is 14.7. The van der Waals surface area contributed by atoms with Gasteiger partial charge in [-0.1, -0.05) is 152 Å². The Hall–Kier alpha value is -2.29. The zero-order valence-electron chi connectivity index (χ0n) is 35.6. The standard InChI is InChI=1S/C46H82NO8P/c1-3-5-7-9-11-13-15-17-18-19-20-21-22-23-24-25-26-27-28-30-32-34-36-38-45(49)47-40-41-54-56(51,52)55-43-44(48)42-53-46(50)39-37-35-33-31-29-16-14-12-10-8-6-4-2/h11-14,17-18,20-21,23-24,44,48H,3-10,15-16,19,22,25-43H2,1-2H3,(H,47,49)(H,51,52)/b13-11-,14-12-,18-17-,21-20-,24-23-. The van der Waals surface area contributed by atoms with E-state index in [9.17, 15) is 24.2 Å². The second-order valence-corrected chi connectivity index (χ2v) is 16.1. The first-order valence-electron chi connectivity index (χ1n) is 22.3. The number of aliphatic hydroxyl groups excluding tert-OH is 1. The fourth-order valence-electron chi connectivity index (χ4n) is 5.77. The molecule has 0 aromatic rings. The Morgan fingerprint density at radius 2 is 0.964 bits per heavy atom. The van der Waals surface area contributed by atoms with Crippen molar-refractivity contribution >= 4 is 19.7 Å². The number of ether oxygens (including phenoxy) is 1. The summed E-state index contributed by atoms with van der Waals surface area (Å²) in [4.78, 5) is 33.9. The molecule has 9 nitrogen and oxygen atoms in total. The van der Waals surface area contributed by atoms with E-state index in [0.29, 0.717) is 6.42 Å². The molecule has 0 saturated heterocycles. The van der Waals surface area contributed by atoms with E-state index in [-0.39, 0.29) is 32.1 Å². The van der Waals surface area contributed by atoms with Crippen LogP contribution in [-0.4, -0.2) is 54.3 Å². The Morgan fingerprint density at radius 1 is 0.554 bits per heavy atom. The second kappa shape index (κ2) is 42.3. The minimum Gasteiger partial charge on any atom is -0.463 e. The molecular weight excluding hydrogens is 725 g/mol. The summed E-state index contributed by atoms with van der Waals surface area (Å²) in [5, 5.41) is 12.7. The maximum Gasteiger partial charge on any atom is 0.472 e. The molecule has 0 spiro atoms. The van der Waals surface area contributed by atoms with Crippen molar-refractivity contribution in [3.8, 4) is 0 Å². The third kappa shape index (κ3) is 42.8. The number of carbonyl (C=O) groups is 2. The van der Waals surface area contributed by atoms with Crippen LogP contribution in [-0.2, 0) is 27.9 Å². The molecule has 0 bridgehead atoms. The average Bonchev–Trinajstić information content (AvgIpc) is 3.18. The number of carbonyl (C=O) groups excluding carboxylic acids is 2. The lowest BCUT2D eigenvalue weighted by atomic mass is 10.1. The first-order chi connectivity index (χ1) is 27.3. The molecule has 0 aromatic heterocycles. The summed E-state index contributed by atoms with van der Waals surface area (Å²) in [6, 6.07) is 0. The molecule has 56 heavy (non-hydrogen) atoms. The number of hydrogen-bond donors (Lipinski definition) is 3. The van der Waals surface area contributed by atoms with Gasteiger partial charge in [0.25, 0.3) is 0 Å². The summed E-state index contributed by atoms with van der Waals surface area (Å²) in [5.41, 5.74) is 0. The van der Waals surface area contributed by atoms with Crippen LogP contribution < -0.4 is 5.32 Å². The van der Waals surface area contributed by atoms with Gasteiger partial charge in [-0.3, -0.25) is 18.6 Å². The van der Waals surface area contributed by atoms with Crippen LogP contribution in [0.3, 0.4) is 0 Å². The molecule has 0 aromatic carbocycles. The van der Waals surface area contributed by atoms with Gasteiger partial charge in [-0.15, -0.1) is 0 Å². The number of aliphatic hydroxyl groups is 1. The van der Waals surface area contributed by atoms with Crippen molar-refractivity contribution in [2.24, 2.45) is 0 Å². The van der Waals surface area contributed by atoms with Crippen molar-refractivity contribution in [3.05, 3.63) is 60.8 Å². The highest BCUT2D eigenvalue weighted by Gasteiger charge is 2.23. The van der Waals surface area contributed by atoms with Crippen LogP contribution >= 0.6 is 7.82 Å². The van der Waals surface area contributed by atoms with E-state index in [1.54, 1.807) is 0 Å². The van der Waals surface area contributed by atoms with E-state index in [1.807, 2.05) is 0 Å². The number of esters is 1. The van der Waals surface area contributed by atoms with Gasteiger partial charge < -0.3 is 20.1 Å². The maximum absolute atomic E-state index is 12.1. The highest BCUT2D eigenvalue weighted by Crippen LogP contribution is 2.42. The summed E-state index contributed by atoms with van der Waals surface area (Å²) in [7, 11) is -4.42. The summed E-state index contributed by atoms with van der Waals surface area (Å²) < 4.78 is 26.8. The molecule has 0 radical (unpaired) electrons. The summed E-state index contributed by atoms with van der Waals surface area (Å²) in [5.74, 6) is -0.539. The van der Waals surface area contributed by atoms with Crippen molar-refractivity contribution in [1.29, 1.82) is 0 Å². The van der Waals surface area contributed by atoms with Crippen molar-refractivity contribution in [1.82, 2.24) is 5.32 Å². The van der Waals surface area contributed by atoms with Gasteiger partial charge in [-0.2, -0.15) is 0 Å². The van der Waals surface area contributed by atoms with E-state index in [4.69, 9.17) is 13.8 Å². The normalized spacial score (nSPS) is 13.9. The molecular formula is C46H82NO8P. The number of unbranched alkanes of at least 4 members (excludes halogenated alkanes) is 18. The van der Waals surface area contributed by atoms with Gasteiger partial charge in [-0.25, -0.2) is 4.57 Å². The third-order valence-electron chi connectivity index (χ3n) is 9.17. The molecule has 0 aliphatic rings. The summed E-state index contributed by atoms with van der Waals surface area (Å²) in [6.07, 6.45) is 50.1. The zero-order chi connectivity index (χ0) is 41.1. The van der Waals surface area contributed by atoms with E-state index < -0.39 is 26.5 Å². The van der Waals surface area contributed by atoms with Crippen LogP contribution in [0.25, 0.3) is 0 Å². The minimum absolute atomic E-state index is 0.0719. The molecule has 0 saturated carbocycles. The lowest BCUT2D eigenvalue weighted by molar-refractivity contribution is -0.147. The predicted molar refractivity (Wildman–Crippen MR) is 233 cm³/mol. The Balaban J connectivity index is 3.63. The Bertz CT molecular complexity index is 1100. The molecule has 1 amide bonds. The first-order valence-corrected chi connectivity index (χ1v) is 23.8. The first kappa shape index (κ1) is 53.7. The Labute approximate surface area is 342 Å². The quantitative estimate of drug-likeness (QED) is 0.0241. The monoisotopic (exact) mass is 808 g/mol. The van der Waals surface area contributed by atoms with Crippen molar-refractivity contribution < 1.29 is 37.9 Å². The number of phosphoric ester groups is 1. The van der Waals surface area contributed by atoms with Gasteiger partial charge in [0.15, 0.2) is 0 Å².